The summed E-state index contributed by atoms with van der Waals surface area (Å²) in [6.45, 7) is 1.63. The number of halogens is 2. The summed E-state index contributed by atoms with van der Waals surface area (Å²) in [4.78, 5) is 38.1. The number of pyridine rings is 2. The van der Waals surface area contributed by atoms with E-state index in [0.717, 1.165) is 6.07 Å². The number of carbonyl (C=O) groups is 1. The normalized spacial score (nSPS) is 10.8. The van der Waals surface area contributed by atoms with Gasteiger partial charge in [-0.05, 0) is 49.4 Å². The molecule has 190 valence electrons. The molecule has 0 aliphatic rings. The van der Waals surface area contributed by atoms with Crippen LogP contribution in [0.15, 0.2) is 78.0 Å². The number of benzene rings is 2. The third kappa shape index (κ3) is 4.76. The van der Waals surface area contributed by atoms with Crippen LogP contribution in [-0.2, 0) is 0 Å². The van der Waals surface area contributed by atoms with Gasteiger partial charge in [-0.15, -0.1) is 0 Å². The van der Waals surface area contributed by atoms with Gasteiger partial charge in [0, 0.05) is 47.0 Å². The number of methoxy groups -OCH3 is 1. The zero-order valence-electron chi connectivity index (χ0n) is 20.1. The first-order valence-electron chi connectivity index (χ1n) is 11.3. The summed E-state index contributed by atoms with van der Waals surface area (Å²) in [6.07, 6.45) is 4.37. The van der Waals surface area contributed by atoms with Crippen LogP contribution in [-0.4, -0.2) is 32.5 Å². The molecule has 38 heavy (non-hydrogen) atoms. The molecule has 0 atom stereocenters. The van der Waals surface area contributed by atoms with Gasteiger partial charge in [-0.2, -0.15) is 0 Å². The van der Waals surface area contributed by atoms with Crippen LogP contribution >= 0.6 is 0 Å². The summed E-state index contributed by atoms with van der Waals surface area (Å²) in [5.74, 6) is -1.48. The molecule has 5 rings (SSSR count). The van der Waals surface area contributed by atoms with Crippen LogP contribution in [0.2, 0.25) is 0 Å². The lowest BCUT2D eigenvalue weighted by atomic mass is 10.2. The third-order valence-electron chi connectivity index (χ3n) is 5.62. The zero-order chi connectivity index (χ0) is 26.8. The van der Waals surface area contributed by atoms with Gasteiger partial charge in [0.05, 0.1) is 18.8 Å². The van der Waals surface area contributed by atoms with Gasteiger partial charge in [0.2, 0.25) is 5.88 Å². The van der Waals surface area contributed by atoms with E-state index in [2.05, 4.69) is 20.3 Å². The van der Waals surface area contributed by atoms with Gasteiger partial charge in [0.15, 0.2) is 17.3 Å². The molecule has 0 spiro atoms. The predicted molar refractivity (Wildman–Crippen MR) is 135 cm³/mol. The number of hydrogen-bond donors (Lipinski definition) is 1. The van der Waals surface area contributed by atoms with Crippen molar-refractivity contribution in [1.82, 2.24) is 19.5 Å². The summed E-state index contributed by atoms with van der Waals surface area (Å²) in [7, 11) is 1.47. The zero-order valence-corrected chi connectivity index (χ0v) is 20.1. The highest BCUT2D eigenvalue weighted by Crippen LogP contribution is 2.32. The van der Waals surface area contributed by atoms with E-state index >= 15 is 0 Å². The van der Waals surface area contributed by atoms with E-state index in [4.69, 9.17) is 9.47 Å². The van der Waals surface area contributed by atoms with Crippen molar-refractivity contribution in [3.63, 3.8) is 0 Å². The fourth-order valence-electron chi connectivity index (χ4n) is 3.78. The largest absolute Gasteiger partial charge is 0.481 e. The maximum Gasteiger partial charge on any atom is 0.286 e. The molecule has 0 saturated heterocycles. The molecule has 0 aliphatic heterocycles. The predicted octanol–water partition coefficient (Wildman–Crippen LogP) is 4.82. The van der Waals surface area contributed by atoms with E-state index in [1.807, 2.05) is 0 Å². The van der Waals surface area contributed by atoms with Crippen LogP contribution in [0.4, 0.5) is 14.5 Å². The first-order valence-corrected chi connectivity index (χ1v) is 11.3. The quantitative estimate of drug-likeness (QED) is 0.346. The van der Waals surface area contributed by atoms with Crippen LogP contribution in [0.1, 0.15) is 16.2 Å². The number of nitrogens with zero attached hydrogens (tertiary/aromatic N) is 4. The van der Waals surface area contributed by atoms with Crippen LogP contribution in [0.5, 0.6) is 17.4 Å². The Labute approximate surface area is 214 Å². The minimum absolute atomic E-state index is 0.0837. The maximum absolute atomic E-state index is 14.9. The highest BCUT2D eigenvalue weighted by Gasteiger charge is 2.18. The van der Waals surface area contributed by atoms with Crippen molar-refractivity contribution in [2.24, 2.45) is 0 Å². The van der Waals surface area contributed by atoms with Gasteiger partial charge in [-0.1, -0.05) is 0 Å². The van der Waals surface area contributed by atoms with Crippen molar-refractivity contribution in [2.75, 3.05) is 12.4 Å². The van der Waals surface area contributed by atoms with Crippen molar-refractivity contribution in [1.29, 1.82) is 0 Å². The second kappa shape index (κ2) is 10.1. The average Bonchev–Trinajstić information content (AvgIpc) is 2.91. The number of rotatable bonds is 6. The number of anilines is 1. The molecular formula is C27H19F2N5O4. The lowest BCUT2D eigenvalue weighted by Gasteiger charge is -2.13. The average molecular weight is 515 g/mol. The molecule has 11 heteroatoms. The van der Waals surface area contributed by atoms with E-state index in [-0.39, 0.29) is 11.4 Å². The topological polar surface area (TPSA) is 108 Å². The monoisotopic (exact) mass is 515 g/mol. The van der Waals surface area contributed by atoms with E-state index in [9.17, 15) is 18.4 Å². The summed E-state index contributed by atoms with van der Waals surface area (Å²) in [6, 6.07) is 12.3. The van der Waals surface area contributed by atoms with Crippen molar-refractivity contribution in [3.05, 3.63) is 107 Å². The van der Waals surface area contributed by atoms with Crippen molar-refractivity contribution < 1.29 is 23.0 Å². The van der Waals surface area contributed by atoms with Crippen molar-refractivity contribution in [3.8, 4) is 23.1 Å². The number of hydrogen-bond acceptors (Lipinski definition) is 7. The Balaban J connectivity index is 1.39. The standard InChI is InChI=1S/C27H19F2N5O4/c1-15-13-32-25(27(36)34(15)18-6-3-16(28)4-7-18)26(35)33-17-5-8-23(20(29)11-17)38-22-9-10-30-21-14-31-24(37-2)12-19(21)22/h3-14H,1-2H3,(H,33,35). The van der Waals surface area contributed by atoms with Crippen molar-refractivity contribution >= 4 is 22.5 Å². The second-order valence-electron chi connectivity index (χ2n) is 8.12. The number of fused-ring (bicyclic) bond motifs is 1. The third-order valence-corrected chi connectivity index (χ3v) is 5.62. The van der Waals surface area contributed by atoms with Gasteiger partial charge in [0.25, 0.3) is 11.5 Å². The van der Waals surface area contributed by atoms with Crippen molar-refractivity contribution in [2.45, 2.75) is 6.92 Å². The molecule has 3 heterocycles. The molecule has 3 aromatic heterocycles. The summed E-state index contributed by atoms with van der Waals surface area (Å²) < 4.78 is 40.4. The van der Waals surface area contributed by atoms with E-state index in [1.165, 1.54) is 66.7 Å². The van der Waals surface area contributed by atoms with E-state index in [1.54, 1.807) is 19.1 Å². The van der Waals surface area contributed by atoms with Gasteiger partial charge < -0.3 is 14.8 Å². The van der Waals surface area contributed by atoms with Crippen LogP contribution in [0, 0.1) is 18.6 Å². The fraction of sp³-hybridized carbons (Fsp3) is 0.0741. The summed E-state index contributed by atoms with van der Waals surface area (Å²) in [5, 5.41) is 3.05. The summed E-state index contributed by atoms with van der Waals surface area (Å²) >= 11 is 0. The molecule has 9 nitrogen and oxygen atoms in total. The Morgan fingerprint density at radius 3 is 2.47 bits per heavy atom. The Morgan fingerprint density at radius 2 is 1.74 bits per heavy atom. The van der Waals surface area contributed by atoms with Crippen LogP contribution < -0.4 is 20.3 Å². The Hall–Kier alpha value is -5.19. The highest BCUT2D eigenvalue weighted by atomic mass is 19.1. The van der Waals surface area contributed by atoms with E-state index in [0.29, 0.717) is 33.9 Å². The molecular weight excluding hydrogens is 496 g/mol. The number of amides is 1. The Morgan fingerprint density at radius 1 is 0.947 bits per heavy atom. The van der Waals surface area contributed by atoms with Crippen LogP contribution in [0.25, 0.3) is 16.6 Å². The molecule has 0 radical (unpaired) electrons. The van der Waals surface area contributed by atoms with Gasteiger partial charge in [-0.3, -0.25) is 19.1 Å². The number of ether oxygens (including phenoxy) is 2. The van der Waals surface area contributed by atoms with E-state index < -0.39 is 28.8 Å². The van der Waals surface area contributed by atoms with Crippen LogP contribution in [0.3, 0.4) is 0 Å². The maximum atomic E-state index is 14.9. The summed E-state index contributed by atoms with van der Waals surface area (Å²) in [5.41, 5.74) is 0.318. The fourth-order valence-corrected chi connectivity index (χ4v) is 3.78. The molecule has 5 aromatic rings. The minimum Gasteiger partial charge on any atom is -0.481 e. The Bertz CT molecular complexity index is 1740. The first-order chi connectivity index (χ1) is 18.3. The molecule has 0 saturated carbocycles. The minimum atomic E-state index is -0.835. The molecule has 1 amide bonds. The number of aryl methyl sites for hydroxylation is 1. The number of aromatic nitrogens is 4. The molecule has 0 bridgehead atoms. The van der Waals surface area contributed by atoms with Gasteiger partial charge >= 0.3 is 0 Å². The second-order valence-corrected chi connectivity index (χ2v) is 8.12. The lowest BCUT2D eigenvalue weighted by Crippen LogP contribution is -2.31. The van der Waals surface area contributed by atoms with Gasteiger partial charge in [0.1, 0.15) is 11.6 Å². The molecule has 0 aliphatic carbocycles. The number of nitrogens with one attached hydrogen (secondary N) is 1. The lowest BCUT2D eigenvalue weighted by molar-refractivity contribution is 0.102. The smallest absolute Gasteiger partial charge is 0.286 e. The molecule has 0 unspecified atom stereocenters. The molecule has 2 aromatic carbocycles. The highest BCUT2D eigenvalue weighted by molar-refractivity contribution is 6.02. The first kappa shape index (κ1) is 24.5. The molecule has 0 fully saturated rings. The SMILES string of the molecule is COc1cc2c(Oc3ccc(NC(=O)c4ncc(C)n(-c5ccc(F)cc5)c4=O)cc3F)ccnc2cn1. The number of carbonyl (C=O) groups excluding carboxylic acids is 1. The molecule has 1 N–H and O–H groups in total. The Kier molecular flexibility index (Phi) is 6.48. The van der Waals surface area contributed by atoms with Gasteiger partial charge in [-0.25, -0.2) is 18.7 Å².